The van der Waals surface area contributed by atoms with Gasteiger partial charge in [0.15, 0.2) is 11.0 Å². The molecule has 0 aromatic carbocycles. The van der Waals surface area contributed by atoms with Crippen molar-refractivity contribution < 1.29 is 4.79 Å². The van der Waals surface area contributed by atoms with Crippen molar-refractivity contribution in [2.45, 2.75) is 30.6 Å². The fraction of sp³-hybridized carbons (Fsp3) is 0.450. The van der Waals surface area contributed by atoms with Crippen molar-refractivity contribution in [1.29, 1.82) is 0 Å². The fourth-order valence-corrected chi connectivity index (χ4v) is 6.39. The van der Waals surface area contributed by atoms with Gasteiger partial charge in [0.1, 0.15) is 0 Å². The summed E-state index contributed by atoms with van der Waals surface area (Å²) in [5.41, 5.74) is 0. The molecule has 6 nitrogen and oxygen atoms in total. The lowest BCUT2D eigenvalue weighted by molar-refractivity contribution is -0.130. The largest absolute Gasteiger partial charge is 0.339 e. The summed E-state index contributed by atoms with van der Waals surface area (Å²) in [6, 6.07) is 8.62. The Balaban J connectivity index is 1.15. The van der Waals surface area contributed by atoms with Crippen LogP contribution in [0.15, 0.2) is 34.8 Å². The van der Waals surface area contributed by atoms with E-state index in [0.29, 0.717) is 11.8 Å². The van der Waals surface area contributed by atoms with Crippen LogP contribution in [0.3, 0.4) is 0 Å². The lowest BCUT2D eigenvalue weighted by Gasteiger charge is -2.34. The minimum absolute atomic E-state index is 0.182. The van der Waals surface area contributed by atoms with Crippen molar-refractivity contribution in [2.24, 2.45) is 0 Å². The average molecular weight is 480 g/mol. The summed E-state index contributed by atoms with van der Waals surface area (Å²) in [6.45, 7) is 4.24. The molecule has 0 atom stereocenters. The zero-order valence-electron chi connectivity index (χ0n) is 16.4. The molecule has 0 spiro atoms. The first-order valence-corrected chi connectivity index (χ1v) is 13.1. The molecule has 0 bridgehead atoms. The molecule has 3 aromatic heterocycles. The van der Waals surface area contributed by atoms with Gasteiger partial charge in [-0.25, -0.2) is 0 Å². The van der Waals surface area contributed by atoms with Crippen LogP contribution in [0.25, 0.3) is 10.7 Å². The molecular formula is C20H22ClN5OS3. The van der Waals surface area contributed by atoms with Gasteiger partial charge in [0.25, 0.3) is 0 Å². The number of carbonyl (C=O) groups is 1. The number of hydrogen-bond donors (Lipinski definition) is 0. The highest BCUT2D eigenvalue weighted by molar-refractivity contribution is 7.99. The summed E-state index contributed by atoms with van der Waals surface area (Å²) in [4.78, 5) is 19.6. The predicted molar refractivity (Wildman–Crippen MR) is 124 cm³/mol. The van der Waals surface area contributed by atoms with Gasteiger partial charge in [-0.2, -0.15) is 0 Å². The lowest BCUT2D eigenvalue weighted by Crippen LogP contribution is -2.48. The fourth-order valence-electron chi connectivity index (χ4n) is 3.64. The van der Waals surface area contributed by atoms with Crippen molar-refractivity contribution in [3.05, 3.63) is 38.9 Å². The van der Waals surface area contributed by atoms with Gasteiger partial charge in [0, 0.05) is 43.6 Å². The van der Waals surface area contributed by atoms with Crippen LogP contribution in [0, 0.1) is 0 Å². The van der Waals surface area contributed by atoms with E-state index < -0.39 is 0 Å². The van der Waals surface area contributed by atoms with Gasteiger partial charge in [-0.3, -0.25) is 14.3 Å². The van der Waals surface area contributed by atoms with Gasteiger partial charge in [-0.05, 0) is 36.4 Å². The Bertz CT molecular complexity index is 1010. The van der Waals surface area contributed by atoms with Crippen molar-refractivity contribution in [2.75, 3.05) is 31.9 Å². The summed E-state index contributed by atoms with van der Waals surface area (Å²) in [5, 5.41) is 11.8. The quantitative estimate of drug-likeness (QED) is 0.467. The van der Waals surface area contributed by atoms with Gasteiger partial charge in [-0.1, -0.05) is 29.4 Å². The number of thioether (sulfide) groups is 1. The van der Waals surface area contributed by atoms with Crippen LogP contribution < -0.4 is 0 Å². The van der Waals surface area contributed by atoms with E-state index in [1.165, 1.54) is 16.6 Å². The van der Waals surface area contributed by atoms with Crippen LogP contribution in [0.1, 0.15) is 23.8 Å². The molecule has 10 heteroatoms. The molecule has 1 amide bonds. The van der Waals surface area contributed by atoms with E-state index in [1.54, 1.807) is 22.7 Å². The zero-order valence-corrected chi connectivity index (χ0v) is 19.6. The number of nitrogens with zero attached hydrogens (tertiary/aromatic N) is 5. The first-order chi connectivity index (χ1) is 14.7. The number of amides is 1. The van der Waals surface area contributed by atoms with E-state index in [2.05, 4.69) is 37.2 Å². The minimum atomic E-state index is 0.182. The molecule has 0 unspecified atom stereocenters. The van der Waals surface area contributed by atoms with Crippen LogP contribution in [0.4, 0.5) is 0 Å². The molecule has 5 rings (SSSR count). The van der Waals surface area contributed by atoms with Crippen molar-refractivity contribution in [3.63, 3.8) is 0 Å². The summed E-state index contributed by atoms with van der Waals surface area (Å²) in [5.74, 6) is 1.53. The third-order valence-corrected chi connectivity index (χ3v) is 8.39. The Kier molecular flexibility index (Phi) is 6.15. The molecule has 2 aliphatic rings. The number of carbonyl (C=O) groups excluding carboxylic acids is 1. The Morgan fingerprint density at radius 1 is 1.17 bits per heavy atom. The highest BCUT2D eigenvalue weighted by atomic mass is 35.5. The molecule has 30 heavy (non-hydrogen) atoms. The second-order valence-corrected chi connectivity index (χ2v) is 11.2. The summed E-state index contributed by atoms with van der Waals surface area (Å²) in [7, 11) is 0. The number of hydrogen-bond acceptors (Lipinski definition) is 7. The van der Waals surface area contributed by atoms with Crippen LogP contribution in [-0.4, -0.2) is 62.4 Å². The van der Waals surface area contributed by atoms with Gasteiger partial charge in [0.2, 0.25) is 5.91 Å². The maximum atomic E-state index is 12.8. The maximum Gasteiger partial charge on any atom is 0.233 e. The average Bonchev–Trinajstić information content (AvgIpc) is 3.13. The third kappa shape index (κ3) is 4.60. The number of piperazine rings is 1. The lowest BCUT2D eigenvalue weighted by atomic mass is 10.3. The van der Waals surface area contributed by atoms with Gasteiger partial charge in [0.05, 0.1) is 15.0 Å². The Labute approximate surface area is 192 Å². The van der Waals surface area contributed by atoms with Crippen LogP contribution in [0.2, 0.25) is 4.34 Å². The van der Waals surface area contributed by atoms with Crippen molar-refractivity contribution in [3.8, 4) is 10.7 Å². The third-order valence-electron chi connectivity index (χ3n) is 5.38. The van der Waals surface area contributed by atoms with Crippen LogP contribution >= 0.6 is 46.0 Å². The second kappa shape index (κ2) is 9.00. The smallest absolute Gasteiger partial charge is 0.233 e. The standard InChI is InChI=1S/C20H22ClN5OS3/c21-17-6-5-15(30-17)12-24-7-9-25(10-8-24)18(27)13-29-20-23-22-19(16-2-1-11-28-16)26(20)14-3-4-14/h1-2,5-6,11,14H,3-4,7-10,12-13H2. The molecule has 1 saturated carbocycles. The molecule has 2 fully saturated rings. The number of aromatic nitrogens is 3. The summed E-state index contributed by atoms with van der Waals surface area (Å²) in [6.07, 6.45) is 2.32. The monoisotopic (exact) mass is 479 g/mol. The van der Waals surface area contributed by atoms with E-state index in [-0.39, 0.29) is 5.91 Å². The van der Waals surface area contributed by atoms with E-state index in [0.717, 1.165) is 65.8 Å². The maximum absolute atomic E-state index is 12.8. The normalized spacial score (nSPS) is 17.6. The molecule has 1 saturated heterocycles. The van der Waals surface area contributed by atoms with E-state index in [4.69, 9.17) is 11.6 Å². The molecule has 0 N–H and O–H groups in total. The van der Waals surface area contributed by atoms with E-state index in [1.807, 2.05) is 17.0 Å². The number of halogens is 1. The minimum Gasteiger partial charge on any atom is -0.339 e. The molecule has 158 valence electrons. The van der Waals surface area contributed by atoms with Gasteiger partial charge in [-0.15, -0.1) is 32.9 Å². The van der Waals surface area contributed by atoms with Gasteiger partial charge >= 0.3 is 0 Å². The predicted octanol–water partition coefficient (Wildman–Crippen LogP) is 4.49. The van der Waals surface area contributed by atoms with E-state index in [9.17, 15) is 4.79 Å². The molecule has 4 heterocycles. The number of thiophene rings is 2. The van der Waals surface area contributed by atoms with Crippen molar-refractivity contribution in [1.82, 2.24) is 24.6 Å². The van der Waals surface area contributed by atoms with Crippen LogP contribution in [0.5, 0.6) is 0 Å². The molecule has 1 aliphatic heterocycles. The second-order valence-electron chi connectivity index (χ2n) is 7.54. The Hall–Kier alpha value is -1.39. The number of rotatable bonds is 7. The molecule has 1 aliphatic carbocycles. The first-order valence-electron chi connectivity index (χ1n) is 10.0. The van der Waals surface area contributed by atoms with Gasteiger partial charge < -0.3 is 4.90 Å². The Morgan fingerprint density at radius 3 is 2.67 bits per heavy atom. The van der Waals surface area contributed by atoms with E-state index >= 15 is 0 Å². The summed E-state index contributed by atoms with van der Waals surface area (Å²) < 4.78 is 3.06. The molecule has 0 radical (unpaired) electrons. The SMILES string of the molecule is O=C(CSc1nnc(-c2cccs2)n1C1CC1)N1CCN(Cc2ccc(Cl)s2)CC1. The molecular weight excluding hydrogens is 458 g/mol. The van der Waals surface area contributed by atoms with Crippen LogP contribution in [-0.2, 0) is 11.3 Å². The topological polar surface area (TPSA) is 54.3 Å². The molecule has 3 aromatic rings. The van der Waals surface area contributed by atoms with Crippen molar-refractivity contribution >= 4 is 51.9 Å². The first kappa shape index (κ1) is 20.5. The summed E-state index contributed by atoms with van der Waals surface area (Å²) >= 11 is 10.9. The Morgan fingerprint density at radius 2 is 2.00 bits per heavy atom. The highest BCUT2D eigenvalue weighted by Crippen LogP contribution is 2.41. The zero-order chi connectivity index (χ0) is 20.5. The highest BCUT2D eigenvalue weighted by Gasteiger charge is 2.31.